The molecule has 0 saturated heterocycles. The summed E-state index contributed by atoms with van der Waals surface area (Å²) in [5.41, 5.74) is 3.97. The molecule has 5 heteroatoms. The normalized spacial score (nSPS) is 10.7. The summed E-state index contributed by atoms with van der Waals surface area (Å²) < 4.78 is 6.87. The summed E-state index contributed by atoms with van der Waals surface area (Å²) in [6, 6.07) is 19.6. The van der Waals surface area contributed by atoms with E-state index in [0.29, 0.717) is 24.4 Å². The van der Waals surface area contributed by atoms with Crippen molar-refractivity contribution in [2.24, 2.45) is 0 Å². The quantitative estimate of drug-likeness (QED) is 0.663. The molecule has 5 nitrogen and oxygen atoms in total. The lowest BCUT2D eigenvalue weighted by molar-refractivity contribution is 0.0948. The number of ether oxygens (including phenoxy) is 1. The Bertz CT molecular complexity index is 858. The van der Waals surface area contributed by atoms with Crippen LogP contribution in [0.2, 0.25) is 0 Å². The molecule has 0 saturated carbocycles. The van der Waals surface area contributed by atoms with Crippen molar-refractivity contribution in [2.45, 2.75) is 13.3 Å². The summed E-state index contributed by atoms with van der Waals surface area (Å²) in [6.45, 7) is 3.11. The maximum Gasteiger partial charge on any atom is 0.255 e. The van der Waals surface area contributed by atoms with Gasteiger partial charge in [-0.3, -0.25) is 4.79 Å². The molecule has 0 radical (unpaired) electrons. The van der Waals surface area contributed by atoms with Gasteiger partial charge >= 0.3 is 0 Å². The van der Waals surface area contributed by atoms with Gasteiger partial charge in [0.25, 0.3) is 5.91 Å². The summed E-state index contributed by atoms with van der Waals surface area (Å²) in [5.74, 6) is -0.111. The van der Waals surface area contributed by atoms with Gasteiger partial charge in [0.15, 0.2) is 0 Å². The van der Waals surface area contributed by atoms with Crippen LogP contribution in [-0.4, -0.2) is 35.9 Å². The molecule has 1 N–H and O–H groups in total. The molecule has 0 unspecified atom stereocenters. The van der Waals surface area contributed by atoms with E-state index in [1.807, 2.05) is 72.3 Å². The van der Waals surface area contributed by atoms with Crippen LogP contribution in [0.1, 0.15) is 22.5 Å². The molecule has 0 fully saturated rings. The third-order valence-electron chi connectivity index (χ3n) is 4.20. The Morgan fingerprint density at radius 3 is 2.38 bits per heavy atom. The van der Waals surface area contributed by atoms with Crippen LogP contribution in [-0.2, 0) is 4.74 Å². The van der Waals surface area contributed by atoms with Crippen molar-refractivity contribution in [3.8, 4) is 16.9 Å². The highest BCUT2D eigenvalue weighted by atomic mass is 16.5. The van der Waals surface area contributed by atoms with Crippen molar-refractivity contribution in [3.63, 3.8) is 0 Å². The number of hydrogen-bond donors (Lipinski definition) is 1. The van der Waals surface area contributed by atoms with Crippen molar-refractivity contribution >= 4 is 5.91 Å². The van der Waals surface area contributed by atoms with E-state index in [0.717, 1.165) is 23.4 Å². The van der Waals surface area contributed by atoms with Crippen molar-refractivity contribution in [1.29, 1.82) is 0 Å². The zero-order valence-corrected chi connectivity index (χ0v) is 15.1. The first-order valence-corrected chi connectivity index (χ1v) is 8.70. The van der Waals surface area contributed by atoms with Crippen LogP contribution in [0.25, 0.3) is 16.9 Å². The number of aromatic nitrogens is 2. The molecule has 0 aliphatic carbocycles. The Hall–Kier alpha value is -2.92. The van der Waals surface area contributed by atoms with Gasteiger partial charge < -0.3 is 10.1 Å². The number of hydrogen-bond acceptors (Lipinski definition) is 3. The number of rotatable bonds is 7. The smallest absolute Gasteiger partial charge is 0.255 e. The molecular weight excluding hydrogens is 326 g/mol. The molecular formula is C21H23N3O2. The lowest BCUT2D eigenvalue weighted by Gasteiger charge is -2.07. The van der Waals surface area contributed by atoms with E-state index in [4.69, 9.17) is 9.84 Å². The van der Waals surface area contributed by atoms with E-state index in [2.05, 4.69) is 5.32 Å². The maximum absolute atomic E-state index is 12.9. The zero-order chi connectivity index (χ0) is 18.4. The molecule has 0 spiro atoms. The molecule has 0 aliphatic heterocycles. The van der Waals surface area contributed by atoms with Gasteiger partial charge in [-0.2, -0.15) is 5.10 Å². The predicted molar refractivity (Wildman–Crippen MR) is 103 cm³/mol. The predicted octanol–water partition coefficient (Wildman–Crippen LogP) is 3.61. The molecule has 134 valence electrons. The zero-order valence-electron chi connectivity index (χ0n) is 15.1. The van der Waals surface area contributed by atoms with Crippen molar-refractivity contribution in [1.82, 2.24) is 15.1 Å². The van der Waals surface area contributed by atoms with Gasteiger partial charge in [-0.1, -0.05) is 48.5 Å². The Morgan fingerprint density at radius 1 is 1.08 bits per heavy atom. The molecule has 0 atom stereocenters. The number of carbonyl (C=O) groups is 1. The van der Waals surface area contributed by atoms with E-state index < -0.39 is 0 Å². The van der Waals surface area contributed by atoms with Crippen molar-refractivity contribution in [3.05, 3.63) is 71.9 Å². The highest BCUT2D eigenvalue weighted by molar-refractivity contribution is 6.01. The molecule has 1 heterocycles. The van der Waals surface area contributed by atoms with Crippen LogP contribution >= 0.6 is 0 Å². The van der Waals surface area contributed by atoms with E-state index in [1.54, 1.807) is 7.11 Å². The monoisotopic (exact) mass is 349 g/mol. The largest absolute Gasteiger partial charge is 0.385 e. The molecule has 0 aliphatic rings. The Balaban J connectivity index is 2.00. The minimum absolute atomic E-state index is 0.111. The SMILES string of the molecule is COCCCNC(=O)c1c(-c2ccccc2)nn(-c2ccccc2)c1C. The summed E-state index contributed by atoms with van der Waals surface area (Å²) >= 11 is 0. The Kier molecular flexibility index (Phi) is 5.81. The fourth-order valence-corrected chi connectivity index (χ4v) is 2.90. The second kappa shape index (κ2) is 8.45. The van der Waals surface area contributed by atoms with Crippen LogP contribution in [0.4, 0.5) is 0 Å². The number of nitrogens with one attached hydrogen (secondary N) is 1. The number of carbonyl (C=O) groups excluding carboxylic acids is 1. The van der Waals surface area contributed by atoms with Crippen molar-refractivity contribution < 1.29 is 9.53 Å². The fraction of sp³-hybridized carbons (Fsp3) is 0.238. The van der Waals surface area contributed by atoms with E-state index >= 15 is 0 Å². The minimum atomic E-state index is -0.111. The minimum Gasteiger partial charge on any atom is -0.385 e. The number of benzene rings is 2. The number of nitrogens with zero attached hydrogens (tertiary/aromatic N) is 2. The van der Waals surface area contributed by atoms with Crippen LogP contribution in [0.5, 0.6) is 0 Å². The van der Waals surface area contributed by atoms with E-state index in [1.165, 1.54) is 0 Å². The standard InChI is InChI=1S/C21H23N3O2/c1-16-19(21(25)22-14-9-15-26-2)20(17-10-5-3-6-11-17)23-24(16)18-12-7-4-8-13-18/h3-8,10-13H,9,14-15H2,1-2H3,(H,22,25). The van der Waals surface area contributed by atoms with Gasteiger partial charge in [-0.25, -0.2) is 4.68 Å². The third-order valence-corrected chi connectivity index (χ3v) is 4.20. The lowest BCUT2D eigenvalue weighted by Crippen LogP contribution is -2.26. The average molecular weight is 349 g/mol. The lowest BCUT2D eigenvalue weighted by atomic mass is 10.1. The number of amides is 1. The van der Waals surface area contributed by atoms with Crippen molar-refractivity contribution in [2.75, 3.05) is 20.3 Å². The number of para-hydroxylation sites is 1. The molecule has 0 bridgehead atoms. The summed E-state index contributed by atoms with van der Waals surface area (Å²) in [4.78, 5) is 12.9. The van der Waals surface area contributed by atoms with E-state index in [9.17, 15) is 4.79 Å². The second-order valence-electron chi connectivity index (χ2n) is 6.02. The Labute approximate surface area is 153 Å². The first kappa shape index (κ1) is 17.9. The van der Waals surface area contributed by atoms with Gasteiger partial charge in [-0.15, -0.1) is 0 Å². The van der Waals surface area contributed by atoms with Gasteiger partial charge in [0.1, 0.15) is 5.69 Å². The third kappa shape index (κ3) is 3.83. The number of methoxy groups -OCH3 is 1. The topological polar surface area (TPSA) is 56.1 Å². The Morgan fingerprint density at radius 2 is 1.73 bits per heavy atom. The molecule has 26 heavy (non-hydrogen) atoms. The highest BCUT2D eigenvalue weighted by Crippen LogP contribution is 2.27. The first-order valence-electron chi connectivity index (χ1n) is 8.70. The van der Waals surface area contributed by atoms with Crippen LogP contribution in [0.3, 0.4) is 0 Å². The summed E-state index contributed by atoms with van der Waals surface area (Å²) in [5, 5.41) is 7.72. The van der Waals surface area contributed by atoms with E-state index in [-0.39, 0.29) is 5.91 Å². The molecule has 3 rings (SSSR count). The summed E-state index contributed by atoms with van der Waals surface area (Å²) in [7, 11) is 1.66. The molecule has 2 aromatic carbocycles. The second-order valence-corrected chi connectivity index (χ2v) is 6.02. The molecule has 3 aromatic rings. The first-order chi connectivity index (χ1) is 12.7. The van der Waals surface area contributed by atoms with Crippen LogP contribution in [0, 0.1) is 6.92 Å². The fourth-order valence-electron chi connectivity index (χ4n) is 2.90. The van der Waals surface area contributed by atoms with Crippen LogP contribution in [0.15, 0.2) is 60.7 Å². The van der Waals surface area contributed by atoms with Gasteiger partial charge in [0.2, 0.25) is 0 Å². The van der Waals surface area contributed by atoms with Gasteiger partial charge in [-0.05, 0) is 25.5 Å². The van der Waals surface area contributed by atoms with Crippen LogP contribution < -0.4 is 5.32 Å². The van der Waals surface area contributed by atoms with Gasteiger partial charge in [0.05, 0.1) is 16.9 Å². The summed E-state index contributed by atoms with van der Waals surface area (Å²) in [6.07, 6.45) is 0.773. The maximum atomic E-state index is 12.9. The highest BCUT2D eigenvalue weighted by Gasteiger charge is 2.22. The molecule has 1 aromatic heterocycles. The van der Waals surface area contributed by atoms with Gasteiger partial charge in [0, 0.05) is 25.8 Å². The molecule has 1 amide bonds. The average Bonchev–Trinajstić information content (AvgIpc) is 3.04.